The molecule has 0 spiro atoms. The van der Waals surface area contributed by atoms with Gasteiger partial charge in [0.05, 0.1) is 0 Å². The average Bonchev–Trinajstić information content (AvgIpc) is 2.30. The summed E-state index contributed by atoms with van der Waals surface area (Å²) < 4.78 is 0. The molecule has 2 rings (SSSR count). The van der Waals surface area contributed by atoms with Gasteiger partial charge in [0.1, 0.15) is 11.0 Å². The second-order valence-corrected chi connectivity index (χ2v) is 3.77. The van der Waals surface area contributed by atoms with Crippen molar-refractivity contribution in [1.82, 2.24) is 9.97 Å². The summed E-state index contributed by atoms with van der Waals surface area (Å²) in [7, 11) is 0. The van der Waals surface area contributed by atoms with Gasteiger partial charge in [-0.1, -0.05) is 17.7 Å². The third-order valence-electron chi connectivity index (χ3n) is 2.18. The summed E-state index contributed by atoms with van der Waals surface area (Å²) in [5.74, 6) is 0.807. The molecule has 0 atom stereocenters. The minimum Gasteiger partial charge on any atom is -0.370 e. The molecule has 0 unspecified atom stereocenters. The monoisotopic (exact) mass is 233 g/mol. The van der Waals surface area contributed by atoms with Crippen LogP contribution in [0.5, 0.6) is 0 Å². The Balaban J connectivity index is 1.85. The number of nitrogens with zero attached hydrogens (tertiary/aromatic N) is 2. The fraction of sp³-hybridized carbons (Fsp3) is 0.167. The van der Waals surface area contributed by atoms with E-state index in [0.29, 0.717) is 5.15 Å². The van der Waals surface area contributed by atoms with Crippen LogP contribution in [0.3, 0.4) is 0 Å². The van der Waals surface area contributed by atoms with E-state index in [-0.39, 0.29) is 0 Å². The van der Waals surface area contributed by atoms with Crippen LogP contribution < -0.4 is 5.32 Å². The zero-order valence-corrected chi connectivity index (χ0v) is 9.48. The first-order valence-corrected chi connectivity index (χ1v) is 5.48. The third-order valence-corrected chi connectivity index (χ3v) is 2.39. The molecule has 0 aliphatic heterocycles. The van der Waals surface area contributed by atoms with E-state index in [1.54, 1.807) is 18.5 Å². The van der Waals surface area contributed by atoms with Gasteiger partial charge in [0.25, 0.3) is 0 Å². The fourth-order valence-electron chi connectivity index (χ4n) is 1.39. The molecule has 0 aromatic carbocycles. The number of hydrogen-bond donors (Lipinski definition) is 1. The van der Waals surface area contributed by atoms with Gasteiger partial charge >= 0.3 is 0 Å². The summed E-state index contributed by atoms with van der Waals surface area (Å²) in [6, 6.07) is 9.55. The quantitative estimate of drug-likeness (QED) is 0.826. The zero-order valence-electron chi connectivity index (χ0n) is 8.73. The first-order valence-electron chi connectivity index (χ1n) is 5.10. The maximum atomic E-state index is 5.78. The Morgan fingerprint density at radius 1 is 1.12 bits per heavy atom. The third kappa shape index (κ3) is 3.21. The Morgan fingerprint density at radius 3 is 2.69 bits per heavy atom. The topological polar surface area (TPSA) is 37.8 Å². The van der Waals surface area contributed by atoms with Crippen LogP contribution in [-0.2, 0) is 6.42 Å². The molecule has 0 amide bonds. The summed E-state index contributed by atoms with van der Waals surface area (Å²) in [5, 5.41) is 3.73. The smallest absolute Gasteiger partial charge is 0.131 e. The number of pyridine rings is 2. The predicted molar refractivity (Wildman–Crippen MR) is 65.7 cm³/mol. The van der Waals surface area contributed by atoms with Crippen molar-refractivity contribution in [3.05, 3.63) is 53.4 Å². The van der Waals surface area contributed by atoms with Crippen LogP contribution in [0.25, 0.3) is 0 Å². The SMILES string of the molecule is Clc1cccc(NCCc2ccncc2)n1. The van der Waals surface area contributed by atoms with Gasteiger partial charge in [-0.3, -0.25) is 4.98 Å². The van der Waals surface area contributed by atoms with Crippen molar-refractivity contribution >= 4 is 17.4 Å². The van der Waals surface area contributed by atoms with E-state index in [9.17, 15) is 0 Å². The second-order valence-electron chi connectivity index (χ2n) is 3.38. The molecule has 0 fully saturated rings. The first-order chi connectivity index (χ1) is 7.84. The second kappa shape index (κ2) is 5.47. The van der Waals surface area contributed by atoms with Crippen LogP contribution in [0.1, 0.15) is 5.56 Å². The highest BCUT2D eigenvalue weighted by atomic mass is 35.5. The standard InChI is InChI=1S/C12H12ClN3/c13-11-2-1-3-12(16-11)15-9-6-10-4-7-14-8-5-10/h1-5,7-8H,6,9H2,(H,15,16). The van der Waals surface area contributed by atoms with E-state index < -0.39 is 0 Å². The number of hydrogen-bond acceptors (Lipinski definition) is 3. The van der Waals surface area contributed by atoms with Gasteiger partial charge < -0.3 is 5.32 Å². The molecule has 0 bridgehead atoms. The Morgan fingerprint density at radius 2 is 1.94 bits per heavy atom. The lowest BCUT2D eigenvalue weighted by Crippen LogP contribution is -2.06. The van der Waals surface area contributed by atoms with Gasteiger partial charge in [-0.05, 0) is 36.2 Å². The molecule has 2 heterocycles. The maximum Gasteiger partial charge on any atom is 0.131 e. The zero-order chi connectivity index (χ0) is 11.2. The highest BCUT2D eigenvalue weighted by Crippen LogP contribution is 2.09. The van der Waals surface area contributed by atoms with Gasteiger partial charge in [-0.15, -0.1) is 0 Å². The first kappa shape index (κ1) is 10.9. The molecule has 0 aliphatic carbocycles. The number of nitrogens with one attached hydrogen (secondary N) is 1. The van der Waals surface area contributed by atoms with Crippen molar-refractivity contribution in [1.29, 1.82) is 0 Å². The molecule has 4 heteroatoms. The molecular formula is C12H12ClN3. The van der Waals surface area contributed by atoms with Crippen molar-refractivity contribution in [2.75, 3.05) is 11.9 Å². The number of anilines is 1. The minimum absolute atomic E-state index is 0.508. The number of aromatic nitrogens is 2. The lowest BCUT2D eigenvalue weighted by Gasteiger charge is -2.05. The normalized spacial score (nSPS) is 10.1. The van der Waals surface area contributed by atoms with Crippen LogP contribution >= 0.6 is 11.6 Å². The van der Waals surface area contributed by atoms with Crippen LogP contribution in [0.15, 0.2) is 42.7 Å². The molecule has 2 aromatic rings. The Kier molecular flexibility index (Phi) is 3.72. The molecule has 0 saturated carbocycles. The van der Waals surface area contributed by atoms with Gasteiger partial charge in [-0.2, -0.15) is 0 Å². The van der Waals surface area contributed by atoms with Gasteiger partial charge in [0.2, 0.25) is 0 Å². The summed E-state index contributed by atoms with van der Waals surface area (Å²) in [5.41, 5.74) is 1.25. The fourth-order valence-corrected chi connectivity index (χ4v) is 1.55. The van der Waals surface area contributed by atoms with Crippen LogP contribution in [0.2, 0.25) is 5.15 Å². The van der Waals surface area contributed by atoms with Crippen molar-refractivity contribution in [2.24, 2.45) is 0 Å². The van der Waals surface area contributed by atoms with Crippen molar-refractivity contribution in [3.63, 3.8) is 0 Å². The van der Waals surface area contributed by atoms with Crippen LogP contribution in [-0.4, -0.2) is 16.5 Å². The average molecular weight is 234 g/mol. The lowest BCUT2D eigenvalue weighted by molar-refractivity contribution is 1.00. The summed E-state index contributed by atoms with van der Waals surface area (Å²) in [6.45, 7) is 0.831. The van der Waals surface area contributed by atoms with E-state index in [0.717, 1.165) is 18.8 Å². The summed E-state index contributed by atoms with van der Waals surface area (Å²) >= 11 is 5.78. The van der Waals surface area contributed by atoms with E-state index in [1.807, 2.05) is 24.3 Å². The molecule has 3 nitrogen and oxygen atoms in total. The summed E-state index contributed by atoms with van der Waals surface area (Å²) in [4.78, 5) is 8.12. The molecular weight excluding hydrogens is 222 g/mol. The molecule has 1 N–H and O–H groups in total. The van der Waals surface area contributed by atoms with Crippen LogP contribution in [0, 0.1) is 0 Å². The van der Waals surface area contributed by atoms with Crippen molar-refractivity contribution in [2.45, 2.75) is 6.42 Å². The van der Waals surface area contributed by atoms with Crippen LogP contribution in [0.4, 0.5) is 5.82 Å². The molecule has 0 saturated heterocycles. The van der Waals surface area contributed by atoms with Crippen molar-refractivity contribution in [3.8, 4) is 0 Å². The van der Waals surface area contributed by atoms with E-state index >= 15 is 0 Å². The number of rotatable bonds is 4. The van der Waals surface area contributed by atoms with Gasteiger partial charge in [-0.25, -0.2) is 4.98 Å². The molecule has 82 valence electrons. The highest BCUT2D eigenvalue weighted by Gasteiger charge is 1.95. The van der Waals surface area contributed by atoms with E-state index in [2.05, 4.69) is 15.3 Å². The maximum absolute atomic E-state index is 5.78. The van der Waals surface area contributed by atoms with Crippen molar-refractivity contribution < 1.29 is 0 Å². The Labute approximate surface area is 99.5 Å². The van der Waals surface area contributed by atoms with E-state index in [4.69, 9.17) is 11.6 Å². The number of halogens is 1. The predicted octanol–water partition coefficient (Wildman–Crippen LogP) is 2.78. The van der Waals surface area contributed by atoms with Gasteiger partial charge in [0, 0.05) is 18.9 Å². The molecule has 0 radical (unpaired) electrons. The lowest BCUT2D eigenvalue weighted by atomic mass is 10.2. The Hall–Kier alpha value is -1.61. The summed E-state index contributed by atoms with van der Waals surface area (Å²) in [6.07, 6.45) is 4.54. The Bertz CT molecular complexity index is 445. The molecule has 2 aromatic heterocycles. The molecule has 16 heavy (non-hydrogen) atoms. The van der Waals surface area contributed by atoms with E-state index in [1.165, 1.54) is 5.56 Å². The minimum atomic E-state index is 0.508. The molecule has 0 aliphatic rings. The van der Waals surface area contributed by atoms with Gasteiger partial charge in [0.15, 0.2) is 0 Å². The largest absolute Gasteiger partial charge is 0.370 e. The highest BCUT2D eigenvalue weighted by molar-refractivity contribution is 6.29.